The van der Waals surface area contributed by atoms with E-state index in [2.05, 4.69) is 24.1 Å². The van der Waals surface area contributed by atoms with E-state index in [0.29, 0.717) is 11.4 Å². The van der Waals surface area contributed by atoms with Crippen LogP contribution >= 0.6 is 0 Å². The van der Waals surface area contributed by atoms with Crippen molar-refractivity contribution in [2.75, 3.05) is 25.5 Å². The Morgan fingerprint density at radius 3 is 2.76 bits per heavy atom. The van der Waals surface area contributed by atoms with E-state index < -0.39 is 11.6 Å². The summed E-state index contributed by atoms with van der Waals surface area (Å²) < 4.78 is 18.6. The molecular weight excluding hydrogens is 436 g/mol. The van der Waals surface area contributed by atoms with Crippen LogP contribution in [0.5, 0.6) is 11.5 Å². The Bertz CT molecular complexity index is 1120. The minimum atomic E-state index is -1.07. The molecule has 8 heteroatoms. The van der Waals surface area contributed by atoms with E-state index in [4.69, 9.17) is 14.2 Å². The van der Waals surface area contributed by atoms with E-state index in [0.717, 1.165) is 30.7 Å². The molecule has 0 aliphatic carbocycles. The third kappa shape index (κ3) is 3.91. The lowest BCUT2D eigenvalue weighted by Crippen LogP contribution is -2.54. The first kappa shape index (κ1) is 22.7. The molecule has 4 atom stereocenters. The van der Waals surface area contributed by atoms with E-state index in [1.165, 1.54) is 6.07 Å². The monoisotopic (exact) mass is 466 g/mol. The van der Waals surface area contributed by atoms with E-state index in [-0.39, 0.29) is 42.2 Å². The van der Waals surface area contributed by atoms with Crippen molar-refractivity contribution >= 4 is 17.6 Å². The first-order chi connectivity index (χ1) is 16.3. The molecule has 3 aliphatic heterocycles. The number of methoxy groups -OCH3 is 1. The molecule has 2 N–H and O–H groups in total. The number of carboxylic acid groups (broad SMARTS) is 1. The number of nitrogens with one attached hydrogen (secondary N) is 1. The molecule has 3 heterocycles. The molecule has 1 amide bonds. The quantitative estimate of drug-likeness (QED) is 0.693. The van der Waals surface area contributed by atoms with E-state index in [1.807, 2.05) is 18.2 Å². The molecule has 8 nitrogen and oxygen atoms in total. The van der Waals surface area contributed by atoms with Crippen LogP contribution in [-0.2, 0) is 9.53 Å². The minimum absolute atomic E-state index is 0.0216. The maximum Gasteiger partial charge on any atom is 0.337 e. The van der Waals surface area contributed by atoms with Gasteiger partial charge < -0.3 is 24.6 Å². The second-order valence-corrected chi connectivity index (χ2v) is 9.75. The van der Waals surface area contributed by atoms with Crippen LogP contribution in [0.1, 0.15) is 48.7 Å². The topological polar surface area (TPSA) is 97.3 Å². The van der Waals surface area contributed by atoms with Crippen molar-refractivity contribution in [3.63, 3.8) is 0 Å². The molecule has 2 fully saturated rings. The van der Waals surface area contributed by atoms with Gasteiger partial charge in [-0.3, -0.25) is 9.69 Å². The lowest BCUT2D eigenvalue weighted by molar-refractivity contribution is -0.162. The molecule has 0 radical (unpaired) electrons. The van der Waals surface area contributed by atoms with Crippen molar-refractivity contribution < 1.29 is 28.9 Å². The Kier molecular flexibility index (Phi) is 5.73. The van der Waals surface area contributed by atoms with Crippen molar-refractivity contribution in [1.29, 1.82) is 0 Å². The van der Waals surface area contributed by atoms with Gasteiger partial charge in [-0.25, -0.2) is 4.79 Å². The van der Waals surface area contributed by atoms with Gasteiger partial charge in [0.2, 0.25) is 5.91 Å². The molecular formula is C26H30N2O6. The van der Waals surface area contributed by atoms with Crippen molar-refractivity contribution in [3.8, 4) is 11.5 Å². The van der Waals surface area contributed by atoms with E-state index in [1.54, 1.807) is 25.3 Å². The molecule has 2 aromatic carbocycles. The SMILES string of the molecule is COc1cccc2c1OC(C)(C)[C@H]1C[C@@H]3[C@H](CCN3CC(=O)Nc3ccccc3C(=O)O)O[C@H]21. The Morgan fingerprint density at radius 2 is 2.00 bits per heavy atom. The van der Waals surface area contributed by atoms with Crippen LogP contribution in [0.3, 0.4) is 0 Å². The van der Waals surface area contributed by atoms with Crippen LogP contribution in [0, 0.1) is 5.92 Å². The van der Waals surface area contributed by atoms with Gasteiger partial charge >= 0.3 is 5.97 Å². The van der Waals surface area contributed by atoms with E-state index >= 15 is 0 Å². The molecule has 2 aromatic rings. The predicted octanol–water partition coefficient (Wildman–Crippen LogP) is 3.72. The van der Waals surface area contributed by atoms with Crippen LogP contribution in [0.2, 0.25) is 0 Å². The highest BCUT2D eigenvalue weighted by atomic mass is 16.5. The number of rotatable bonds is 5. The number of anilines is 1. The fourth-order valence-corrected chi connectivity index (χ4v) is 5.67. The highest BCUT2D eigenvalue weighted by Crippen LogP contribution is 2.54. The standard InChI is InChI=1S/C26H30N2O6/c1-26(2)17-13-19-20(33-23(17)16-8-6-10-21(32-3)24(16)34-26)11-12-28(19)14-22(29)27-18-9-5-4-7-15(18)25(30)31/h4-10,17,19-20,23H,11-14H2,1-3H3,(H,27,29)(H,30,31)/t17-,19+,20-,23+/m0/s1. The Labute approximate surface area is 198 Å². The molecule has 3 aliphatic rings. The van der Waals surface area contributed by atoms with Gasteiger partial charge in [0.25, 0.3) is 0 Å². The van der Waals surface area contributed by atoms with Gasteiger partial charge in [-0.1, -0.05) is 24.3 Å². The summed E-state index contributed by atoms with van der Waals surface area (Å²) >= 11 is 0. The zero-order chi connectivity index (χ0) is 24.0. The second kappa shape index (κ2) is 8.60. The summed E-state index contributed by atoms with van der Waals surface area (Å²) in [5.41, 5.74) is 0.939. The minimum Gasteiger partial charge on any atom is -0.493 e. The van der Waals surface area contributed by atoms with Gasteiger partial charge in [0.05, 0.1) is 37.1 Å². The predicted molar refractivity (Wildman–Crippen MR) is 125 cm³/mol. The number of ether oxygens (including phenoxy) is 3. The number of amides is 1. The van der Waals surface area contributed by atoms with Crippen LogP contribution < -0.4 is 14.8 Å². The fraction of sp³-hybridized carbons (Fsp3) is 0.462. The van der Waals surface area contributed by atoms with Crippen molar-refractivity contribution in [3.05, 3.63) is 53.6 Å². The molecule has 180 valence electrons. The molecule has 5 rings (SSSR count). The van der Waals surface area contributed by atoms with Gasteiger partial charge in [-0.15, -0.1) is 0 Å². The molecule has 34 heavy (non-hydrogen) atoms. The number of carboxylic acids is 1. The van der Waals surface area contributed by atoms with Crippen molar-refractivity contribution in [2.24, 2.45) is 5.92 Å². The number of aromatic carboxylic acids is 1. The first-order valence-electron chi connectivity index (χ1n) is 11.7. The average Bonchev–Trinajstić information content (AvgIpc) is 3.19. The van der Waals surface area contributed by atoms with Gasteiger partial charge in [-0.2, -0.15) is 0 Å². The molecule has 0 saturated carbocycles. The summed E-state index contributed by atoms with van der Waals surface area (Å²) in [6, 6.07) is 12.4. The summed E-state index contributed by atoms with van der Waals surface area (Å²) in [7, 11) is 1.64. The number of benzene rings is 2. The van der Waals surface area contributed by atoms with E-state index in [9.17, 15) is 14.7 Å². The van der Waals surface area contributed by atoms with Gasteiger partial charge in [0.15, 0.2) is 11.5 Å². The number of fused-ring (bicyclic) bond motifs is 4. The van der Waals surface area contributed by atoms with Crippen LogP contribution in [0.25, 0.3) is 0 Å². The molecule has 0 unspecified atom stereocenters. The number of carbonyl (C=O) groups excluding carboxylic acids is 1. The molecule has 0 aromatic heterocycles. The number of nitrogens with zero attached hydrogens (tertiary/aromatic N) is 1. The molecule has 0 spiro atoms. The smallest absolute Gasteiger partial charge is 0.337 e. The van der Waals surface area contributed by atoms with Gasteiger partial charge in [0.1, 0.15) is 5.60 Å². The van der Waals surface area contributed by atoms with Gasteiger partial charge in [-0.05, 0) is 44.9 Å². The third-order valence-electron chi connectivity index (χ3n) is 7.35. The van der Waals surface area contributed by atoms with Crippen molar-refractivity contribution in [1.82, 2.24) is 4.90 Å². The van der Waals surface area contributed by atoms with Crippen LogP contribution in [0.15, 0.2) is 42.5 Å². The number of likely N-dealkylation sites (tertiary alicyclic amines) is 1. The summed E-state index contributed by atoms with van der Waals surface area (Å²) in [6.45, 7) is 5.09. The highest BCUT2D eigenvalue weighted by molar-refractivity contribution is 6.01. The maximum atomic E-state index is 12.8. The summed E-state index contributed by atoms with van der Waals surface area (Å²) in [4.78, 5) is 26.4. The average molecular weight is 467 g/mol. The molecule has 0 bridgehead atoms. The normalized spacial score (nSPS) is 27.0. The fourth-order valence-electron chi connectivity index (χ4n) is 5.67. The van der Waals surface area contributed by atoms with Gasteiger partial charge in [0, 0.05) is 24.1 Å². The lowest BCUT2D eigenvalue weighted by atomic mass is 9.74. The van der Waals surface area contributed by atoms with Crippen LogP contribution in [0.4, 0.5) is 5.69 Å². The largest absolute Gasteiger partial charge is 0.493 e. The Morgan fingerprint density at radius 1 is 1.21 bits per heavy atom. The Balaban J connectivity index is 1.33. The number of para-hydroxylation sites is 2. The first-order valence-corrected chi connectivity index (χ1v) is 11.7. The number of hydrogen-bond acceptors (Lipinski definition) is 6. The number of hydrogen-bond donors (Lipinski definition) is 2. The number of carbonyl (C=O) groups is 2. The summed E-state index contributed by atoms with van der Waals surface area (Å²) in [5, 5.41) is 12.2. The molecule has 2 saturated heterocycles. The third-order valence-corrected chi connectivity index (χ3v) is 7.35. The summed E-state index contributed by atoms with van der Waals surface area (Å²) in [5.74, 6) is 0.276. The lowest BCUT2D eigenvalue weighted by Gasteiger charge is -2.51. The van der Waals surface area contributed by atoms with Crippen molar-refractivity contribution in [2.45, 2.75) is 50.5 Å². The van der Waals surface area contributed by atoms with Crippen LogP contribution in [-0.4, -0.2) is 59.8 Å². The summed E-state index contributed by atoms with van der Waals surface area (Å²) in [6.07, 6.45) is 1.62. The highest BCUT2D eigenvalue weighted by Gasteiger charge is 2.53. The maximum absolute atomic E-state index is 12.8. The Hall–Kier alpha value is -3.10. The second-order valence-electron chi connectivity index (χ2n) is 9.75. The zero-order valence-corrected chi connectivity index (χ0v) is 19.6. The zero-order valence-electron chi connectivity index (χ0n) is 19.6.